The van der Waals surface area contributed by atoms with Gasteiger partial charge in [-0.05, 0) is 23.7 Å². The van der Waals surface area contributed by atoms with Crippen LogP contribution in [0.15, 0.2) is 30.3 Å². The van der Waals surface area contributed by atoms with E-state index < -0.39 is 8.32 Å². The zero-order valence-corrected chi connectivity index (χ0v) is 14.5. The van der Waals surface area contributed by atoms with Crippen molar-refractivity contribution in [1.82, 2.24) is 0 Å². The molecule has 1 rings (SSSR count). The van der Waals surface area contributed by atoms with Gasteiger partial charge in [0.15, 0.2) is 8.32 Å². The third kappa shape index (κ3) is 6.12. The van der Waals surface area contributed by atoms with Gasteiger partial charge in [0.25, 0.3) is 0 Å². The first-order valence-electron chi connectivity index (χ1n) is 7.94. The highest BCUT2D eigenvalue weighted by atomic mass is 28.4. The van der Waals surface area contributed by atoms with Crippen molar-refractivity contribution in [2.75, 3.05) is 6.61 Å². The molecule has 0 amide bonds. The molecule has 1 aromatic carbocycles. The van der Waals surface area contributed by atoms with Gasteiger partial charge in [-0.3, -0.25) is 0 Å². The predicted molar refractivity (Wildman–Crippen MR) is 88.8 cm³/mol. The van der Waals surface area contributed by atoms with Crippen LogP contribution in [0, 0.1) is 0 Å². The van der Waals surface area contributed by atoms with Gasteiger partial charge in [0.2, 0.25) is 0 Å². The van der Waals surface area contributed by atoms with E-state index in [1.165, 1.54) is 0 Å². The highest BCUT2D eigenvalue weighted by molar-refractivity contribution is 6.73. The van der Waals surface area contributed by atoms with Crippen LogP contribution < -0.4 is 0 Å². The van der Waals surface area contributed by atoms with Crippen LogP contribution in [0.2, 0.25) is 18.1 Å². The summed E-state index contributed by atoms with van der Waals surface area (Å²) in [5.74, 6) is 0. The highest BCUT2D eigenvalue weighted by Gasteiger charge is 2.31. The van der Waals surface area contributed by atoms with Crippen LogP contribution in [0.25, 0.3) is 0 Å². The van der Waals surface area contributed by atoms with Crippen molar-refractivity contribution in [2.24, 2.45) is 0 Å². The van der Waals surface area contributed by atoms with Crippen molar-refractivity contribution in [1.29, 1.82) is 0 Å². The summed E-state index contributed by atoms with van der Waals surface area (Å²) in [5, 5.41) is 0. The molecule has 0 aliphatic carbocycles. The Bertz CT molecular complexity index is 382. The van der Waals surface area contributed by atoms with Gasteiger partial charge in [0.1, 0.15) is 12.4 Å². The van der Waals surface area contributed by atoms with Crippen LogP contribution in [0.3, 0.4) is 0 Å². The Morgan fingerprint density at radius 2 is 1.71 bits per heavy atom. The molecular weight excluding hydrogens is 280 g/mol. The zero-order chi connectivity index (χ0) is 15.6. The van der Waals surface area contributed by atoms with Crippen LogP contribution in [0.1, 0.15) is 32.8 Å². The summed E-state index contributed by atoms with van der Waals surface area (Å²) in [5.41, 5.74) is 1.15. The zero-order valence-electron chi connectivity index (χ0n) is 13.5. The van der Waals surface area contributed by atoms with E-state index in [1.54, 1.807) is 0 Å². The summed E-state index contributed by atoms with van der Waals surface area (Å²) >= 11 is 0. The first-order valence-corrected chi connectivity index (χ1v) is 10.5. The molecule has 0 unspecified atom stereocenters. The van der Waals surface area contributed by atoms with E-state index in [4.69, 9.17) is 9.16 Å². The molecular formula is C17H28O3Si. The Labute approximate surface area is 129 Å². The maximum atomic E-state index is 11.2. The van der Waals surface area contributed by atoms with E-state index >= 15 is 0 Å². The second-order valence-corrected chi connectivity index (χ2v) is 10.1. The van der Waals surface area contributed by atoms with Crippen molar-refractivity contribution in [3.8, 4) is 0 Å². The molecule has 0 spiro atoms. The largest absolute Gasteiger partial charge is 0.407 e. The maximum Gasteiger partial charge on any atom is 0.193 e. The Balaban J connectivity index is 2.35. The SMILES string of the molecule is CC[Si](CC)(CC)O[C@@H](C=O)CCOCc1ccccc1. The Morgan fingerprint density at radius 1 is 1.10 bits per heavy atom. The smallest absolute Gasteiger partial charge is 0.193 e. The van der Waals surface area contributed by atoms with E-state index in [2.05, 4.69) is 20.8 Å². The lowest BCUT2D eigenvalue weighted by Crippen LogP contribution is -2.40. The predicted octanol–water partition coefficient (Wildman–Crippen LogP) is 4.18. The molecule has 0 radical (unpaired) electrons. The molecule has 118 valence electrons. The molecule has 0 saturated carbocycles. The fraction of sp³-hybridized carbons (Fsp3) is 0.588. The summed E-state index contributed by atoms with van der Waals surface area (Å²) in [7, 11) is -1.71. The quantitative estimate of drug-likeness (QED) is 0.349. The van der Waals surface area contributed by atoms with Crippen molar-refractivity contribution in [2.45, 2.75) is 58.0 Å². The normalized spacial score (nSPS) is 13.1. The van der Waals surface area contributed by atoms with Crippen LogP contribution in [0.5, 0.6) is 0 Å². The maximum absolute atomic E-state index is 11.2. The third-order valence-electron chi connectivity index (χ3n) is 4.14. The van der Waals surface area contributed by atoms with Gasteiger partial charge in [-0.15, -0.1) is 0 Å². The molecule has 21 heavy (non-hydrogen) atoms. The number of carbonyl (C=O) groups excluding carboxylic acids is 1. The molecule has 1 aromatic rings. The molecule has 4 heteroatoms. The molecule has 0 aliphatic rings. The molecule has 0 bridgehead atoms. The van der Waals surface area contributed by atoms with Crippen LogP contribution >= 0.6 is 0 Å². The minimum Gasteiger partial charge on any atom is -0.407 e. The number of benzene rings is 1. The van der Waals surface area contributed by atoms with Gasteiger partial charge >= 0.3 is 0 Å². The Kier molecular flexibility index (Phi) is 8.50. The lowest BCUT2D eigenvalue weighted by atomic mass is 10.2. The molecule has 0 saturated heterocycles. The topological polar surface area (TPSA) is 35.5 Å². The first kappa shape index (κ1) is 18.1. The van der Waals surface area contributed by atoms with Gasteiger partial charge in [-0.2, -0.15) is 0 Å². The summed E-state index contributed by atoms with van der Waals surface area (Å²) in [6.07, 6.45) is 1.27. The average Bonchev–Trinajstić information content (AvgIpc) is 2.56. The van der Waals surface area contributed by atoms with Gasteiger partial charge in [0, 0.05) is 13.0 Å². The number of carbonyl (C=O) groups is 1. The van der Waals surface area contributed by atoms with Gasteiger partial charge in [-0.25, -0.2) is 0 Å². The van der Waals surface area contributed by atoms with Crippen molar-refractivity contribution < 1.29 is 14.0 Å². The minimum absolute atomic E-state index is 0.313. The second-order valence-electron chi connectivity index (χ2n) is 5.36. The third-order valence-corrected chi connectivity index (χ3v) is 8.81. The number of hydrogen-bond donors (Lipinski definition) is 0. The summed E-state index contributed by atoms with van der Waals surface area (Å²) in [6.45, 7) is 7.66. The average molecular weight is 308 g/mol. The molecule has 0 aromatic heterocycles. The number of rotatable bonds is 11. The van der Waals surface area contributed by atoms with Crippen LogP contribution in [-0.2, 0) is 20.6 Å². The molecule has 0 heterocycles. The van der Waals surface area contributed by atoms with E-state index in [0.29, 0.717) is 19.6 Å². The van der Waals surface area contributed by atoms with E-state index in [0.717, 1.165) is 30.0 Å². The van der Waals surface area contributed by atoms with E-state index in [1.807, 2.05) is 30.3 Å². The Morgan fingerprint density at radius 3 is 2.24 bits per heavy atom. The van der Waals surface area contributed by atoms with Crippen LogP contribution in [0.4, 0.5) is 0 Å². The standard InChI is InChI=1S/C17H28O3Si/c1-4-21(5-2,6-3)20-17(14-18)12-13-19-15-16-10-8-7-9-11-16/h7-11,14,17H,4-6,12-13,15H2,1-3H3/t17-/m1/s1. The van der Waals surface area contributed by atoms with Crippen molar-refractivity contribution in [3.05, 3.63) is 35.9 Å². The van der Waals surface area contributed by atoms with Gasteiger partial charge in [-0.1, -0.05) is 51.1 Å². The number of ether oxygens (including phenoxy) is 1. The molecule has 0 N–H and O–H groups in total. The highest BCUT2D eigenvalue weighted by Crippen LogP contribution is 2.23. The minimum atomic E-state index is -1.71. The lowest BCUT2D eigenvalue weighted by Gasteiger charge is -2.31. The van der Waals surface area contributed by atoms with Crippen molar-refractivity contribution in [3.63, 3.8) is 0 Å². The fourth-order valence-electron chi connectivity index (χ4n) is 2.44. The second kappa shape index (κ2) is 9.87. The monoisotopic (exact) mass is 308 g/mol. The first-order chi connectivity index (χ1) is 10.2. The summed E-state index contributed by atoms with van der Waals surface area (Å²) in [4.78, 5) is 11.2. The number of hydrogen-bond acceptors (Lipinski definition) is 3. The van der Waals surface area contributed by atoms with E-state index in [9.17, 15) is 4.79 Å². The molecule has 0 fully saturated rings. The summed E-state index contributed by atoms with van der Waals surface area (Å²) < 4.78 is 11.8. The lowest BCUT2D eigenvalue weighted by molar-refractivity contribution is -0.115. The summed E-state index contributed by atoms with van der Waals surface area (Å²) in [6, 6.07) is 13.3. The van der Waals surface area contributed by atoms with Gasteiger partial charge < -0.3 is 14.0 Å². The van der Waals surface area contributed by atoms with E-state index in [-0.39, 0.29) is 6.10 Å². The molecule has 1 atom stereocenters. The molecule has 3 nitrogen and oxygen atoms in total. The van der Waals surface area contributed by atoms with Crippen molar-refractivity contribution >= 4 is 14.6 Å². The Hall–Kier alpha value is -0.973. The fourth-order valence-corrected chi connectivity index (χ4v) is 5.26. The van der Waals surface area contributed by atoms with Crippen LogP contribution in [-0.4, -0.2) is 27.3 Å². The number of aldehydes is 1. The van der Waals surface area contributed by atoms with Gasteiger partial charge in [0.05, 0.1) is 6.61 Å². The molecule has 0 aliphatic heterocycles.